The van der Waals surface area contributed by atoms with Gasteiger partial charge in [0.2, 0.25) is 0 Å². The molecule has 0 aromatic heterocycles. The van der Waals surface area contributed by atoms with Crippen LogP contribution in [0.2, 0.25) is 0 Å². The van der Waals surface area contributed by atoms with Gasteiger partial charge in [0.25, 0.3) is 0 Å². The van der Waals surface area contributed by atoms with Gasteiger partial charge in [-0.05, 0) is 24.6 Å². The Balaban J connectivity index is 2.74. The first-order valence-corrected chi connectivity index (χ1v) is 6.96. The monoisotopic (exact) mass is 367 g/mol. The Morgan fingerprint density at radius 3 is 2.52 bits per heavy atom. The summed E-state index contributed by atoms with van der Waals surface area (Å²) in [6, 6.07) is 3.94. The topological polar surface area (TPSA) is 70.6 Å². The molecule has 0 spiro atoms. The SMILES string of the molecule is CC(C)(CCNc1ccc(Br)c(C(F)(F)F)c1)C(N)=NO. The smallest absolute Gasteiger partial charge is 0.409 e. The summed E-state index contributed by atoms with van der Waals surface area (Å²) in [6.07, 6.45) is -3.91. The van der Waals surface area contributed by atoms with E-state index < -0.39 is 17.2 Å². The molecule has 1 aromatic carbocycles. The van der Waals surface area contributed by atoms with Gasteiger partial charge in [0.1, 0.15) is 5.84 Å². The van der Waals surface area contributed by atoms with E-state index in [1.807, 2.05) is 0 Å². The first-order valence-electron chi connectivity index (χ1n) is 6.16. The fourth-order valence-corrected chi connectivity index (χ4v) is 2.11. The molecule has 0 heterocycles. The molecule has 0 aliphatic rings. The number of anilines is 1. The Bertz CT molecular complexity index is 530. The molecule has 0 saturated carbocycles. The molecular weight excluding hydrogens is 351 g/mol. The summed E-state index contributed by atoms with van der Waals surface area (Å²) in [5.41, 5.74) is 4.63. The van der Waals surface area contributed by atoms with Gasteiger partial charge < -0.3 is 16.3 Å². The van der Waals surface area contributed by atoms with Crippen LogP contribution in [0.1, 0.15) is 25.8 Å². The second-order valence-corrected chi connectivity index (χ2v) is 6.09. The largest absolute Gasteiger partial charge is 0.417 e. The number of rotatable bonds is 5. The summed E-state index contributed by atoms with van der Waals surface area (Å²) >= 11 is 2.89. The maximum atomic E-state index is 12.8. The van der Waals surface area contributed by atoms with Crippen LogP contribution < -0.4 is 11.1 Å². The Morgan fingerprint density at radius 1 is 1.38 bits per heavy atom. The molecule has 0 unspecified atom stereocenters. The standard InChI is InChI=1S/C13H17BrF3N3O/c1-12(2,11(18)20-21)5-6-19-8-3-4-10(14)9(7-8)13(15,16)17/h3-4,7,19,21H,5-6H2,1-2H3,(H2,18,20). The highest BCUT2D eigenvalue weighted by Gasteiger charge is 2.33. The maximum absolute atomic E-state index is 12.8. The first-order chi connectivity index (χ1) is 9.58. The molecule has 0 aliphatic carbocycles. The summed E-state index contributed by atoms with van der Waals surface area (Å²) in [5, 5.41) is 14.5. The van der Waals surface area contributed by atoms with E-state index in [1.165, 1.54) is 6.07 Å². The maximum Gasteiger partial charge on any atom is 0.417 e. The van der Waals surface area contributed by atoms with Crippen molar-refractivity contribution >= 4 is 27.5 Å². The van der Waals surface area contributed by atoms with E-state index in [0.29, 0.717) is 18.7 Å². The van der Waals surface area contributed by atoms with Gasteiger partial charge in [0.15, 0.2) is 0 Å². The van der Waals surface area contributed by atoms with Gasteiger partial charge in [-0.2, -0.15) is 13.2 Å². The lowest BCUT2D eigenvalue weighted by Crippen LogP contribution is -2.33. The van der Waals surface area contributed by atoms with Gasteiger partial charge in [-0.25, -0.2) is 0 Å². The highest BCUT2D eigenvalue weighted by atomic mass is 79.9. The molecule has 21 heavy (non-hydrogen) atoms. The van der Waals surface area contributed by atoms with Gasteiger partial charge in [0, 0.05) is 22.1 Å². The Hall–Kier alpha value is -1.44. The molecule has 1 rings (SSSR count). The van der Waals surface area contributed by atoms with Gasteiger partial charge in [-0.1, -0.05) is 34.9 Å². The molecule has 0 amide bonds. The quantitative estimate of drug-likeness (QED) is 0.318. The molecule has 4 N–H and O–H groups in total. The van der Waals surface area contributed by atoms with Crippen LogP contribution in [0.3, 0.4) is 0 Å². The zero-order chi connectivity index (χ0) is 16.3. The van der Waals surface area contributed by atoms with Crippen molar-refractivity contribution in [3.05, 3.63) is 28.2 Å². The minimum atomic E-state index is -4.41. The van der Waals surface area contributed by atoms with Gasteiger partial charge in [-0.15, -0.1) is 0 Å². The van der Waals surface area contributed by atoms with Crippen LogP contribution in [0.25, 0.3) is 0 Å². The Morgan fingerprint density at radius 2 is 2.00 bits per heavy atom. The van der Waals surface area contributed by atoms with E-state index in [1.54, 1.807) is 19.9 Å². The highest BCUT2D eigenvalue weighted by Crippen LogP contribution is 2.36. The minimum Gasteiger partial charge on any atom is -0.409 e. The van der Waals surface area contributed by atoms with Crippen molar-refractivity contribution < 1.29 is 18.4 Å². The zero-order valence-electron chi connectivity index (χ0n) is 11.6. The Labute approximate surface area is 129 Å². The van der Waals surface area contributed by atoms with E-state index in [2.05, 4.69) is 26.4 Å². The molecule has 0 bridgehead atoms. The summed E-state index contributed by atoms with van der Waals surface area (Å²) in [5.74, 6) is 0.0797. The van der Waals surface area contributed by atoms with Gasteiger partial charge >= 0.3 is 6.18 Å². The van der Waals surface area contributed by atoms with E-state index in [4.69, 9.17) is 10.9 Å². The van der Waals surface area contributed by atoms with Crippen LogP contribution in [0.15, 0.2) is 27.8 Å². The van der Waals surface area contributed by atoms with Crippen LogP contribution in [0, 0.1) is 5.41 Å². The second-order valence-electron chi connectivity index (χ2n) is 5.24. The normalized spacial score (nSPS) is 13.3. The van der Waals surface area contributed by atoms with Crippen molar-refractivity contribution in [2.24, 2.45) is 16.3 Å². The average molecular weight is 368 g/mol. The van der Waals surface area contributed by atoms with E-state index >= 15 is 0 Å². The number of amidine groups is 1. The summed E-state index contributed by atoms with van der Waals surface area (Å²) in [7, 11) is 0. The van der Waals surface area contributed by atoms with Gasteiger partial charge in [-0.3, -0.25) is 0 Å². The third-order valence-electron chi connectivity index (χ3n) is 3.15. The number of halogens is 4. The third-order valence-corrected chi connectivity index (χ3v) is 3.84. The lowest BCUT2D eigenvalue weighted by molar-refractivity contribution is -0.138. The number of nitrogens with one attached hydrogen (secondary N) is 1. The van der Waals surface area contributed by atoms with Crippen LogP contribution in [-0.4, -0.2) is 17.6 Å². The van der Waals surface area contributed by atoms with Crippen molar-refractivity contribution in [2.45, 2.75) is 26.4 Å². The third kappa shape index (κ3) is 4.80. The lowest BCUT2D eigenvalue weighted by Gasteiger charge is -2.23. The Kier molecular flexibility index (Phi) is 5.49. The summed E-state index contributed by atoms with van der Waals surface area (Å²) in [6.45, 7) is 3.96. The molecule has 4 nitrogen and oxygen atoms in total. The van der Waals surface area contributed by atoms with E-state index in [9.17, 15) is 13.2 Å². The molecule has 118 valence electrons. The number of oxime groups is 1. The lowest BCUT2D eigenvalue weighted by atomic mass is 9.88. The second kappa shape index (κ2) is 6.55. The van der Waals surface area contributed by atoms with E-state index in [-0.39, 0.29) is 10.3 Å². The fourth-order valence-electron chi connectivity index (χ4n) is 1.64. The van der Waals surface area contributed by atoms with Crippen molar-refractivity contribution in [2.75, 3.05) is 11.9 Å². The van der Waals surface area contributed by atoms with Gasteiger partial charge in [0.05, 0.1) is 5.56 Å². The van der Waals surface area contributed by atoms with Crippen LogP contribution in [-0.2, 0) is 6.18 Å². The average Bonchev–Trinajstić information content (AvgIpc) is 2.38. The van der Waals surface area contributed by atoms with Crippen molar-refractivity contribution in [3.8, 4) is 0 Å². The van der Waals surface area contributed by atoms with Crippen molar-refractivity contribution in [1.29, 1.82) is 0 Å². The predicted octanol–water partition coefficient (Wildman–Crippen LogP) is 4.04. The minimum absolute atomic E-state index is 0.00228. The van der Waals surface area contributed by atoms with Crippen LogP contribution in [0.4, 0.5) is 18.9 Å². The summed E-state index contributed by atoms with van der Waals surface area (Å²) in [4.78, 5) is 0. The number of nitrogens with zero attached hydrogens (tertiary/aromatic N) is 1. The molecule has 1 aromatic rings. The summed E-state index contributed by atoms with van der Waals surface area (Å²) < 4.78 is 38.3. The van der Waals surface area contributed by atoms with Crippen LogP contribution >= 0.6 is 15.9 Å². The fraction of sp³-hybridized carbons (Fsp3) is 0.462. The first kappa shape index (κ1) is 17.6. The number of benzene rings is 1. The van der Waals surface area contributed by atoms with Crippen molar-refractivity contribution in [1.82, 2.24) is 0 Å². The molecule has 0 saturated heterocycles. The molecule has 0 radical (unpaired) electrons. The molecule has 8 heteroatoms. The molecule has 0 aliphatic heterocycles. The zero-order valence-corrected chi connectivity index (χ0v) is 13.2. The number of nitrogens with two attached hydrogens (primary N) is 1. The number of hydrogen-bond acceptors (Lipinski definition) is 3. The predicted molar refractivity (Wildman–Crippen MR) is 79.4 cm³/mol. The highest BCUT2D eigenvalue weighted by molar-refractivity contribution is 9.10. The number of alkyl halides is 3. The van der Waals surface area contributed by atoms with Crippen molar-refractivity contribution in [3.63, 3.8) is 0 Å². The van der Waals surface area contributed by atoms with E-state index in [0.717, 1.165) is 6.07 Å². The molecule has 0 fully saturated rings. The molecular formula is C13H17BrF3N3O. The van der Waals surface area contributed by atoms with Crippen LogP contribution in [0.5, 0.6) is 0 Å². The molecule has 0 atom stereocenters. The number of hydrogen-bond donors (Lipinski definition) is 3.